The Kier molecular flexibility index (Phi) is 29.5. The standard InChI is InChI=1S/CH6OSi.H4O2Si/c2*1-3-2/h2H,3H2,1H3;1-2H,3H2. The summed E-state index contributed by atoms with van der Waals surface area (Å²) in [5.74, 6) is 0. The molecule has 0 aromatic heterocycles. The normalized spacial score (nSPS) is 8.00. The molecule has 0 aromatic carbocycles. The zero-order chi connectivity index (χ0) is 5.41. The lowest BCUT2D eigenvalue weighted by atomic mass is 11.9. The zero-order valence-electron chi connectivity index (χ0n) is 3.76. The van der Waals surface area contributed by atoms with Crippen LogP contribution in [0, 0.1) is 0 Å². The van der Waals surface area contributed by atoms with E-state index < -0.39 is 19.8 Å². The molecular weight excluding hydrogens is 116 g/mol. The molecule has 5 heteroatoms. The van der Waals surface area contributed by atoms with Gasteiger partial charge in [-0.1, -0.05) is 6.55 Å². The van der Waals surface area contributed by atoms with Crippen LogP contribution in [0.1, 0.15) is 0 Å². The molecule has 0 fully saturated rings. The van der Waals surface area contributed by atoms with Crippen molar-refractivity contribution in [3.63, 3.8) is 0 Å². The van der Waals surface area contributed by atoms with E-state index in [1.165, 1.54) is 0 Å². The fourth-order valence-electron chi connectivity index (χ4n) is 0. The lowest BCUT2D eigenvalue weighted by Crippen LogP contribution is -1.75. The largest absolute Gasteiger partial charge is 0.438 e. The number of hydrogen-bond acceptors (Lipinski definition) is 3. The van der Waals surface area contributed by atoms with Crippen LogP contribution in [0.4, 0.5) is 0 Å². The highest BCUT2D eigenvalue weighted by Gasteiger charge is 1.40. The zero-order valence-corrected chi connectivity index (χ0v) is 6.58. The Morgan fingerprint density at radius 3 is 1.17 bits per heavy atom. The van der Waals surface area contributed by atoms with Crippen LogP contribution in [0.3, 0.4) is 0 Å². The van der Waals surface area contributed by atoms with E-state index in [9.17, 15) is 0 Å². The smallest absolute Gasteiger partial charge is 0.299 e. The molecule has 0 aliphatic carbocycles. The Hall–Kier alpha value is 0.314. The maximum Gasteiger partial charge on any atom is 0.299 e. The molecule has 0 aromatic rings. The van der Waals surface area contributed by atoms with Crippen molar-refractivity contribution in [3.05, 3.63) is 0 Å². The third-order valence-electron chi connectivity index (χ3n) is 0. The van der Waals surface area contributed by atoms with Gasteiger partial charge in [-0.05, 0) is 0 Å². The molecule has 0 aliphatic heterocycles. The van der Waals surface area contributed by atoms with E-state index >= 15 is 0 Å². The van der Waals surface area contributed by atoms with Crippen LogP contribution < -0.4 is 0 Å². The molecular formula is CH10O3Si2. The predicted molar refractivity (Wildman–Crippen MR) is 29.6 cm³/mol. The lowest BCUT2D eigenvalue weighted by Gasteiger charge is -1.52. The van der Waals surface area contributed by atoms with Crippen LogP contribution >= 0.6 is 0 Å². The highest BCUT2D eigenvalue weighted by molar-refractivity contribution is 6.22. The van der Waals surface area contributed by atoms with Crippen molar-refractivity contribution in [2.45, 2.75) is 6.55 Å². The fraction of sp³-hybridized carbons (Fsp3) is 1.00. The van der Waals surface area contributed by atoms with Crippen LogP contribution in [-0.4, -0.2) is 34.2 Å². The minimum Gasteiger partial charge on any atom is -0.438 e. The summed E-state index contributed by atoms with van der Waals surface area (Å²) < 4.78 is 0. The monoisotopic (exact) mass is 126 g/mol. The second-order valence-electron chi connectivity index (χ2n) is 0.458. The predicted octanol–water partition coefficient (Wildman–Crippen LogP) is -2.92. The quantitative estimate of drug-likeness (QED) is 0.305. The molecule has 0 saturated carbocycles. The average molecular weight is 126 g/mol. The Balaban J connectivity index is 0. The topological polar surface area (TPSA) is 60.7 Å². The molecule has 0 aliphatic rings. The molecule has 40 valence electrons. The molecule has 0 amide bonds. The highest BCUT2D eigenvalue weighted by atomic mass is 28.2. The molecule has 0 atom stereocenters. The van der Waals surface area contributed by atoms with Crippen molar-refractivity contribution in [1.82, 2.24) is 0 Å². The lowest BCUT2D eigenvalue weighted by molar-refractivity contribution is 0.448. The summed E-state index contributed by atoms with van der Waals surface area (Å²) in [6.07, 6.45) is 0. The summed E-state index contributed by atoms with van der Waals surface area (Å²) in [6.45, 7) is 1.82. The molecule has 0 heterocycles. The van der Waals surface area contributed by atoms with Gasteiger partial charge in [0, 0.05) is 0 Å². The number of hydrogen-bond donors (Lipinski definition) is 3. The summed E-state index contributed by atoms with van der Waals surface area (Å²) in [6, 6.07) is 0. The van der Waals surface area contributed by atoms with Gasteiger partial charge < -0.3 is 14.4 Å². The third-order valence-corrected chi connectivity index (χ3v) is 0. The third kappa shape index (κ3) is 481. The SMILES string of the molecule is C[SiH2]O.O[SiH2]O. The van der Waals surface area contributed by atoms with E-state index in [4.69, 9.17) is 14.4 Å². The van der Waals surface area contributed by atoms with Gasteiger partial charge in [0.05, 0.1) is 0 Å². The van der Waals surface area contributed by atoms with Crippen LogP contribution in [-0.2, 0) is 0 Å². The van der Waals surface area contributed by atoms with Gasteiger partial charge in [0.1, 0.15) is 0 Å². The Bertz CT molecular complexity index is 10.8. The molecule has 3 nitrogen and oxygen atoms in total. The van der Waals surface area contributed by atoms with E-state index in [0.29, 0.717) is 0 Å². The summed E-state index contributed by atoms with van der Waals surface area (Å²) in [4.78, 5) is 22.2. The summed E-state index contributed by atoms with van der Waals surface area (Å²) in [5.41, 5.74) is 0. The van der Waals surface area contributed by atoms with Gasteiger partial charge in [0.15, 0.2) is 9.76 Å². The molecule has 0 unspecified atom stereocenters. The first kappa shape index (κ1) is 9.58. The van der Waals surface area contributed by atoms with Gasteiger partial charge in [-0.15, -0.1) is 0 Å². The van der Waals surface area contributed by atoms with Crippen molar-refractivity contribution in [2.75, 3.05) is 0 Å². The minimum atomic E-state index is -1.58. The van der Waals surface area contributed by atoms with Gasteiger partial charge in [-0.2, -0.15) is 0 Å². The van der Waals surface area contributed by atoms with Gasteiger partial charge in [0.25, 0.3) is 10.0 Å². The van der Waals surface area contributed by atoms with Gasteiger partial charge in [0.2, 0.25) is 0 Å². The summed E-state index contributed by atoms with van der Waals surface area (Å²) in [5, 5.41) is 0. The van der Waals surface area contributed by atoms with Crippen LogP contribution in [0.5, 0.6) is 0 Å². The van der Waals surface area contributed by atoms with Crippen molar-refractivity contribution in [1.29, 1.82) is 0 Å². The summed E-state index contributed by atoms with van der Waals surface area (Å²) >= 11 is 0. The Labute approximate surface area is 41.6 Å². The molecule has 0 spiro atoms. The molecule has 0 radical (unpaired) electrons. The van der Waals surface area contributed by atoms with Crippen molar-refractivity contribution in [2.24, 2.45) is 0 Å². The molecule has 0 rings (SSSR count). The van der Waals surface area contributed by atoms with Crippen LogP contribution in [0.25, 0.3) is 0 Å². The first-order valence-corrected chi connectivity index (χ1v) is 4.97. The maximum atomic E-state index is 7.71. The Morgan fingerprint density at radius 2 is 1.17 bits per heavy atom. The second kappa shape index (κ2) is 18.5. The van der Waals surface area contributed by atoms with Crippen molar-refractivity contribution in [3.8, 4) is 0 Å². The van der Waals surface area contributed by atoms with E-state index in [1.54, 1.807) is 0 Å². The summed E-state index contributed by atoms with van der Waals surface area (Å²) in [7, 11) is -2.17. The van der Waals surface area contributed by atoms with Crippen molar-refractivity contribution < 1.29 is 14.4 Å². The molecule has 0 bridgehead atoms. The average Bonchev–Trinajstić information content (AvgIpc) is 1.39. The minimum absolute atomic E-state index is 0.583. The van der Waals surface area contributed by atoms with Gasteiger partial charge in [-0.3, -0.25) is 0 Å². The van der Waals surface area contributed by atoms with Gasteiger partial charge in [-0.25, -0.2) is 0 Å². The first-order chi connectivity index (χ1) is 2.83. The Morgan fingerprint density at radius 1 is 1.17 bits per heavy atom. The van der Waals surface area contributed by atoms with Crippen LogP contribution in [0.2, 0.25) is 6.55 Å². The molecule has 6 heavy (non-hydrogen) atoms. The van der Waals surface area contributed by atoms with E-state index in [0.717, 1.165) is 0 Å². The molecule has 0 saturated heterocycles. The number of rotatable bonds is 0. The maximum absolute atomic E-state index is 7.71. The van der Waals surface area contributed by atoms with Crippen LogP contribution in [0.15, 0.2) is 0 Å². The highest BCUT2D eigenvalue weighted by Crippen LogP contribution is 1.24. The second-order valence-corrected chi connectivity index (χ2v) is 1.37. The van der Waals surface area contributed by atoms with E-state index in [-0.39, 0.29) is 0 Å². The molecule has 3 N–H and O–H groups in total. The van der Waals surface area contributed by atoms with E-state index in [1.807, 2.05) is 6.55 Å². The first-order valence-electron chi connectivity index (χ1n) is 1.66. The van der Waals surface area contributed by atoms with E-state index in [2.05, 4.69) is 0 Å². The van der Waals surface area contributed by atoms with Crippen molar-refractivity contribution >= 4 is 19.8 Å². The van der Waals surface area contributed by atoms with Gasteiger partial charge >= 0.3 is 0 Å². The fourth-order valence-corrected chi connectivity index (χ4v) is 0.